The van der Waals surface area contributed by atoms with Crippen molar-refractivity contribution in [1.29, 1.82) is 0 Å². The molecule has 4 aliphatic rings. The lowest BCUT2D eigenvalue weighted by atomic mass is 9.77. The lowest BCUT2D eigenvalue weighted by Gasteiger charge is -2.42. The third kappa shape index (κ3) is 3.85. The molecule has 2 aromatic rings. The lowest BCUT2D eigenvalue weighted by molar-refractivity contribution is 0.143. The van der Waals surface area contributed by atoms with Gasteiger partial charge in [-0.15, -0.1) is 0 Å². The van der Waals surface area contributed by atoms with Gasteiger partial charge in [-0.1, -0.05) is 11.6 Å². The van der Waals surface area contributed by atoms with Crippen molar-refractivity contribution < 1.29 is 9.32 Å². The van der Waals surface area contributed by atoms with Gasteiger partial charge >= 0.3 is 0 Å². The van der Waals surface area contributed by atoms with Gasteiger partial charge in [0.05, 0.1) is 46.1 Å². The van der Waals surface area contributed by atoms with Gasteiger partial charge in [0.2, 0.25) is 11.9 Å². The van der Waals surface area contributed by atoms with E-state index in [-0.39, 0.29) is 12.1 Å². The number of hydrogen-bond acceptors (Lipinski definition) is 9. The minimum absolute atomic E-state index is 0.0597. The Hall–Kier alpha value is -2.04. The van der Waals surface area contributed by atoms with E-state index in [0.717, 1.165) is 74.8 Å². The highest BCUT2D eigenvalue weighted by Crippen LogP contribution is 2.39. The maximum absolute atomic E-state index is 12.9. The van der Waals surface area contributed by atoms with Crippen LogP contribution in [0.2, 0.25) is 5.02 Å². The standard InChI is InChI=1S/C22H28ClN7O2S/c23-16-7-24-20(25-8-16)29-9-14-11-30(12-15(14)10-29)21-26-17-3-1-6-33(32)18(17)19(27-21)28-22(13-31)4-2-5-22/h7-8,14-15,31H,1-6,9-13H2,(H,26,27,28)/t14?,15?,33-/m1/s1. The smallest absolute Gasteiger partial charge is 0.227 e. The van der Waals surface area contributed by atoms with Crippen molar-refractivity contribution in [2.24, 2.45) is 11.8 Å². The van der Waals surface area contributed by atoms with E-state index in [2.05, 4.69) is 25.1 Å². The molecule has 1 saturated carbocycles. The summed E-state index contributed by atoms with van der Waals surface area (Å²) in [6.45, 7) is 3.61. The SMILES string of the molecule is O=[S@@]1CCCc2nc(N3CC4CN(c5ncc(Cl)cn5)CC4C3)nc(NC3(CO)CCC3)c21. The van der Waals surface area contributed by atoms with Gasteiger partial charge in [0, 0.05) is 43.8 Å². The Balaban J connectivity index is 1.24. The molecule has 0 aromatic carbocycles. The minimum Gasteiger partial charge on any atom is -0.394 e. The fourth-order valence-electron chi connectivity index (χ4n) is 5.56. The summed E-state index contributed by atoms with van der Waals surface area (Å²) in [7, 11) is -1.10. The molecule has 0 radical (unpaired) electrons. The van der Waals surface area contributed by atoms with E-state index in [1.54, 1.807) is 12.4 Å². The average molecular weight is 490 g/mol. The van der Waals surface area contributed by atoms with Gasteiger partial charge in [-0.2, -0.15) is 4.98 Å². The van der Waals surface area contributed by atoms with Crippen LogP contribution >= 0.6 is 11.6 Å². The molecule has 33 heavy (non-hydrogen) atoms. The van der Waals surface area contributed by atoms with E-state index in [1.807, 2.05) is 0 Å². The summed E-state index contributed by atoms with van der Waals surface area (Å²) in [5.41, 5.74) is 0.550. The molecule has 2 unspecified atom stereocenters. The van der Waals surface area contributed by atoms with Crippen LogP contribution in [0.5, 0.6) is 0 Å². The van der Waals surface area contributed by atoms with Crippen LogP contribution in [-0.4, -0.2) is 73.3 Å². The second kappa shape index (κ2) is 8.32. The van der Waals surface area contributed by atoms with E-state index in [4.69, 9.17) is 21.6 Å². The van der Waals surface area contributed by atoms with Crippen LogP contribution < -0.4 is 15.1 Å². The quantitative estimate of drug-likeness (QED) is 0.650. The van der Waals surface area contributed by atoms with Crippen molar-refractivity contribution >= 4 is 40.1 Å². The van der Waals surface area contributed by atoms with Crippen LogP contribution in [0.25, 0.3) is 0 Å². The zero-order valence-electron chi connectivity index (χ0n) is 18.4. The van der Waals surface area contributed by atoms with Gasteiger partial charge in [-0.3, -0.25) is 4.21 Å². The van der Waals surface area contributed by atoms with Crippen LogP contribution in [-0.2, 0) is 17.2 Å². The Morgan fingerprint density at radius 3 is 2.33 bits per heavy atom. The number of aliphatic hydroxyl groups excluding tert-OH is 1. The Kier molecular flexibility index (Phi) is 5.42. The fourth-order valence-corrected chi connectivity index (χ4v) is 6.99. The second-order valence-electron chi connectivity index (χ2n) is 9.75. The molecule has 9 nitrogen and oxygen atoms in total. The Morgan fingerprint density at radius 1 is 1.06 bits per heavy atom. The van der Waals surface area contributed by atoms with Crippen LogP contribution in [0, 0.1) is 11.8 Å². The first kappa shape index (κ1) is 21.5. The summed E-state index contributed by atoms with van der Waals surface area (Å²) in [6.07, 6.45) is 7.87. The third-order valence-electron chi connectivity index (χ3n) is 7.55. The molecule has 1 aliphatic carbocycles. The molecule has 3 fully saturated rings. The molecule has 11 heteroatoms. The Labute approximate surface area is 200 Å². The van der Waals surface area contributed by atoms with Gasteiger partial charge in [0.1, 0.15) is 10.7 Å². The summed E-state index contributed by atoms with van der Waals surface area (Å²) in [4.78, 5) is 23.8. The predicted molar refractivity (Wildman–Crippen MR) is 127 cm³/mol. The zero-order chi connectivity index (χ0) is 22.6. The van der Waals surface area contributed by atoms with Gasteiger partial charge in [-0.05, 0) is 32.1 Å². The summed E-state index contributed by atoms with van der Waals surface area (Å²) in [5, 5.41) is 14.0. The van der Waals surface area contributed by atoms with Gasteiger partial charge in [0.25, 0.3) is 0 Å². The molecular weight excluding hydrogens is 462 g/mol. The number of fused-ring (bicyclic) bond motifs is 2. The van der Waals surface area contributed by atoms with Crippen molar-refractivity contribution in [1.82, 2.24) is 19.9 Å². The first-order valence-corrected chi connectivity index (χ1v) is 13.4. The normalized spacial score (nSPS) is 27.8. The molecular formula is C22H28ClN7O2S. The molecule has 3 atom stereocenters. The number of nitrogens with zero attached hydrogens (tertiary/aromatic N) is 6. The van der Waals surface area contributed by atoms with Gasteiger partial charge < -0.3 is 20.2 Å². The molecule has 0 amide bonds. The van der Waals surface area contributed by atoms with Gasteiger partial charge in [0.15, 0.2) is 0 Å². The topological polar surface area (TPSA) is 107 Å². The first-order valence-electron chi connectivity index (χ1n) is 11.7. The highest BCUT2D eigenvalue weighted by molar-refractivity contribution is 7.85. The zero-order valence-corrected chi connectivity index (χ0v) is 20.0. The molecule has 176 valence electrons. The predicted octanol–water partition coefficient (Wildman–Crippen LogP) is 1.87. The summed E-state index contributed by atoms with van der Waals surface area (Å²) in [5.74, 6) is 3.73. The average Bonchev–Trinajstić information content (AvgIpc) is 3.36. The largest absolute Gasteiger partial charge is 0.394 e. The summed E-state index contributed by atoms with van der Waals surface area (Å²) in [6, 6.07) is 0. The number of aliphatic hydroxyl groups is 1. The summed E-state index contributed by atoms with van der Waals surface area (Å²) >= 11 is 5.93. The molecule has 6 rings (SSSR count). The maximum Gasteiger partial charge on any atom is 0.227 e. The molecule has 0 spiro atoms. The van der Waals surface area contributed by atoms with E-state index in [0.29, 0.717) is 34.4 Å². The lowest BCUT2D eigenvalue weighted by Crippen LogP contribution is -2.49. The number of aryl methyl sites for hydroxylation is 1. The number of rotatable bonds is 5. The van der Waals surface area contributed by atoms with E-state index < -0.39 is 10.8 Å². The molecule has 0 bridgehead atoms. The van der Waals surface area contributed by atoms with E-state index in [1.165, 1.54) is 0 Å². The number of nitrogens with one attached hydrogen (secondary N) is 1. The van der Waals surface area contributed by atoms with Crippen molar-refractivity contribution in [2.75, 3.05) is 53.7 Å². The molecule has 2 N–H and O–H groups in total. The fraction of sp³-hybridized carbons (Fsp3) is 0.636. The van der Waals surface area contributed by atoms with Crippen LogP contribution in [0.3, 0.4) is 0 Å². The minimum atomic E-state index is -1.10. The number of hydrogen-bond donors (Lipinski definition) is 2. The van der Waals surface area contributed by atoms with Crippen LogP contribution in [0.1, 0.15) is 31.4 Å². The van der Waals surface area contributed by atoms with E-state index in [9.17, 15) is 9.32 Å². The molecule has 5 heterocycles. The molecule has 2 aromatic heterocycles. The number of anilines is 3. The highest BCUT2D eigenvalue weighted by Gasteiger charge is 2.43. The van der Waals surface area contributed by atoms with Crippen molar-refractivity contribution in [3.63, 3.8) is 0 Å². The first-order chi connectivity index (χ1) is 16.0. The number of halogens is 1. The van der Waals surface area contributed by atoms with Crippen LogP contribution in [0.15, 0.2) is 17.3 Å². The Morgan fingerprint density at radius 2 is 1.73 bits per heavy atom. The summed E-state index contributed by atoms with van der Waals surface area (Å²) < 4.78 is 12.9. The number of aromatic nitrogens is 4. The second-order valence-corrected chi connectivity index (χ2v) is 11.7. The third-order valence-corrected chi connectivity index (χ3v) is 9.29. The molecule has 3 aliphatic heterocycles. The maximum atomic E-state index is 12.9. The molecule has 2 saturated heterocycles. The van der Waals surface area contributed by atoms with Crippen LogP contribution in [0.4, 0.5) is 17.7 Å². The Bertz CT molecular complexity index is 1060. The monoisotopic (exact) mass is 489 g/mol. The highest BCUT2D eigenvalue weighted by atomic mass is 35.5. The van der Waals surface area contributed by atoms with E-state index >= 15 is 0 Å². The van der Waals surface area contributed by atoms with Crippen molar-refractivity contribution in [3.05, 3.63) is 23.1 Å². The van der Waals surface area contributed by atoms with Crippen molar-refractivity contribution in [3.8, 4) is 0 Å². The van der Waals surface area contributed by atoms with Gasteiger partial charge in [-0.25, -0.2) is 15.0 Å². The van der Waals surface area contributed by atoms with Crippen molar-refractivity contribution in [2.45, 2.75) is 42.5 Å².